The van der Waals surface area contributed by atoms with Crippen molar-refractivity contribution in [3.05, 3.63) is 185 Å². The van der Waals surface area contributed by atoms with Crippen LogP contribution in [-0.2, 0) is 29.2 Å². The van der Waals surface area contributed by atoms with Crippen LogP contribution in [-0.4, -0.2) is 39.2 Å². The molecule has 54 heavy (non-hydrogen) atoms. The lowest BCUT2D eigenvalue weighted by Gasteiger charge is -2.34. The first-order valence-corrected chi connectivity index (χ1v) is 19.8. The Labute approximate surface area is 319 Å². The fraction of sp³-hybridized carbons (Fsp3) is 0.163. The van der Waals surface area contributed by atoms with Gasteiger partial charge in [-0.2, -0.15) is 4.89 Å². The molecule has 0 bridgehead atoms. The fourth-order valence-corrected chi connectivity index (χ4v) is 8.40. The summed E-state index contributed by atoms with van der Waals surface area (Å²) in [5, 5.41) is 16.1. The number of hydrogen-bond donors (Lipinski definition) is 1. The summed E-state index contributed by atoms with van der Waals surface area (Å²) in [5.41, 5.74) is 6.49. The van der Waals surface area contributed by atoms with E-state index in [0.717, 1.165) is 69.5 Å². The predicted molar refractivity (Wildman–Crippen MR) is 213 cm³/mol. The number of para-hydroxylation sites is 1. The number of aromatic nitrogens is 7. The molecule has 0 aliphatic carbocycles. The zero-order chi connectivity index (χ0) is 37.1. The molecule has 8 rings (SSSR count). The number of aryl methyl sites for hydroxylation is 1. The van der Waals surface area contributed by atoms with Gasteiger partial charge in [0.25, 0.3) is 0 Å². The highest BCUT2D eigenvalue weighted by Crippen LogP contribution is 2.40. The Kier molecular flexibility index (Phi) is 10.0. The maximum absolute atomic E-state index is 12.0. The number of imidazole rings is 1. The number of hydrogen-bond acceptors (Lipinski definition) is 5. The van der Waals surface area contributed by atoms with Crippen molar-refractivity contribution in [1.82, 2.24) is 34.3 Å². The van der Waals surface area contributed by atoms with E-state index in [1.807, 2.05) is 83.4 Å². The first-order chi connectivity index (χ1) is 26.5. The smallest absolute Gasteiger partial charge is 0.322 e. The second-order valence-corrected chi connectivity index (χ2v) is 14.6. The molecule has 1 unspecified atom stereocenters. The Balaban J connectivity index is 1.23. The van der Waals surface area contributed by atoms with Crippen molar-refractivity contribution in [3.63, 3.8) is 0 Å². The minimum Gasteiger partial charge on any atom is -0.322 e. The Bertz CT molecular complexity index is 2450. The van der Waals surface area contributed by atoms with Crippen LogP contribution >= 0.6 is 19.6 Å². The molecule has 9 nitrogen and oxygen atoms in total. The van der Waals surface area contributed by atoms with Crippen LogP contribution in [0.2, 0.25) is 5.15 Å². The Hall–Kier alpha value is -5.73. The van der Waals surface area contributed by atoms with E-state index in [9.17, 15) is 9.46 Å². The molecule has 0 spiro atoms. The Morgan fingerprint density at radius 2 is 1.41 bits per heavy atom. The number of fused-ring (bicyclic) bond motifs is 1. The molecule has 0 fully saturated rings. The lowest BCUT2D eigenvalue weighted by molar-refractivity contribution is 0.396. The highest BCUT2D eigenvalue weighted by molar-refractivity contribution is 7.37. The van der Waals surface area contributed by atoms with E-state index < -0.39 is 13.6 Å². The van der Waals surface area contributed by atoms with Crippen LogP contribution in [0.4, 0.5) is 0 Å². The summed E-state index contributed by atoms with van der Waals surface area (Å²) in [4.78, 5) is 16.2. The second kappa shape index (κ2) is 15.3. The van der Waals surface area contributed by atoms with Crippen molar-refractivity contribution in [2.24, 2.45) is 0 Å². The summed E-state index contributed by atoms with van der Waals surface area (Å²) in [6.45, 7) is 2.60. The fourth-order valence-electron chi connectivity index (χ4n) is 7.47. The van der Waals surface area contributed by atoms with Crippen LogP contribution in [0.25, 0.3) is 28.0 Å². The van der Waals surface area contributed by atoms with Crippen molar-refractivity contribution in [1.29, 1.82) is 0 Å². The summed E-state index contributed by atoms with van der Waals surface area (Å²) >= 11 is 6.56. The summed E-state index contributed by atoms with van der Waals surface area (Å²) < 4.78 is 16.1. The van der Waals surface area contributed by atoms with E-state index >= 15 is 0 Å². The van der Waals surface area contributed by atoms with Gasteiger partial charge in [0.1, 0.15) is 11.5 Å². The molecular formula is C43H38ClN7O2P+. The Morgan fingerprint density at radius 3 is 2.04 bits per heavy atom. The number of rotatable bonds is 13. The molecule has 5 aromatic carbocycles. The maximum atomic E-state index is 12.0. The predicted octanol–water partition coefficient (Wildman–Crippen LogP) is 9.60. The van der Waals surface area contributed by atoms with Crippen molar-refractivity contribution in [3.8, 4) is 17.1 Å². The molecule has 0 aliphatic heterocycles. The first-order valence-electron chi connectivity index (χ1n) is 18.0. The van der Waals surface area contributed by atoms with Crippen LogP contribution < -0.4 is 0 Å². The second-order valence-electron chi connectivity index (χ2n) is 13.2. The normalized spacial score (nSPS) is 12.0. The number of tetrazole rings is 1. The maximum Gasteiger partial charge on any atom is 0.511 e. The molecule has 0 aliphatic rings. The van der Waals surface area contributed by atoms with Crippen LogP contribution in [0.5, 0.6) is 0 Å². The zero-order valence-electron chi connectivity index (χ0n) is 29.7. The third-order valence-electron chi connectivity index (χ3n) is 9.99. The Morgan fingerprint density at radius 1 is 0.778 bits per heavy atom. The van der Waals surface area contributed by atoms with Crippen molar-refractivity contribution in [2.45, 2.75) is 44.4 Å². The third-order valence-corrected chi connectivity index (χ3v) is 10.9. The van der Waals surface area contributed by atoms with Crippen molar-refractivity contribution < 1.29 is 9.46 Å². The summed E-state index contributed by atoms with van der Waals surface area (Å²) in [5.74, 6) is 1.31. The van der Waals surface area contributed by atoms with E-state index in [-0.39, 0.29) is 11.3 Å². The number of benzene rings is 5. The lowest BCUT2D eigenvalue weighted by atomic mass is 9.77. The molecule has 0 radical (unpaired) electrons. The molecule has 11 heteroatoms. The van der Waals surface area contributed by atoms with Gasteiger partial charge in [-0.15, -0.1) is 15.0 Å². The molecule has 3 heterocycles. The minimum atomic E-state index is -2.43. The molecule has 3 aromatic heterocycles. The molecule has 8 aromatic rings. The van der Waals surface area contributed by atoms with Gasteiger partial charge in [-0.1, -0.05) is 140 Å². The third kappa shape index (κ3) is 6.45. The number of nitrogens with zero attached hydrogens (tertiary/aromatic N) is 7. The minimum absolute atomic E-state index is 0.0502. The van der Waals surface area contributed by atoms with E-state index in [4.69, 9.17) is 27.0 Å². The van der Waals surface area contributed by atoms with Gasteiger partial charge in [-0.25, -0.2) is 4.98 Å². The van der Waals surface area contributed by atoms with Crippen LogP contribution in [0, 0.1) is 0 Å². The van der Waals surface area contributed by atoms with E-state index in [1.165, 1.54) is 0 Å². The lowest BCUT2D eigenvalue weighted by Crippen LogP contribution is -2.39. The standard InChI is InChI=1S/C43H37ClN7O2P/c1-2-3-26-40-45-41(44)39(30-54(52)53)50(40)29-31-16-15-25-37-35(31)27-28-49(37)38-24-14-13-23-36(38)42-46-48-51(47-42)43(32-17-7-4-8-18-32,33-19-9-5-10-20-33)34-21-11-6-12-22-34/h4-25,27-28H,2-3,26,29-30H2,1H3/p+1. The molecule has 268 valence electrons. The number of halogens is 1. The molecule has 1 atom stereocenters. The molecule has 1 N–H and O–H groups in total. The molecule has 0 saturated carbocycles. The summed E-state index contributed by atoms with van der Waals surface area (Å²) in [7, 11) is -2.43. The van der Waals surface area contributed by atoms with E-state index in [2.05, 4.69) is 83.3 Å². The highest BCUT2D eigenvalue weighted by Gasteiger charge is 2.41. The first kappa shape index (κ1) is 35.3. The molecule has 0 saturated heterocycles. The van der Waals surface area contributed by atoms with Gasteiger partial charge < -0.3 is 9.13 Å². The van der Waals surface area contributed by atoms with Crippen LogP contribution in [0.1, 0.15) is 53.5 Å². The largest absolute Gasteiger partial charge is 0.511 e. The van der Waals surface area contributed by atoms with E-state index in [1.54, 1.807) is 4.80 Å². The zero-order valence-corrected chi connectivity index (χ0v) is 31.4. The van der Waals surface area contributed by atoms with Crippen LogP contribution in [0.3, 0.4) is 0 Å². The average molecular weight is 751 g/mol. The monoisotopic (exact) mass is 750 g/mol. The summed E-state index contributed by atoms with van der Waals surface area (Å²) in [6, 6.07) is 47.3. The molecular weight excluding hydrogens is 713 g/mol. The van der Waals surface area contributed by atoms with Gasteiger partial charge in [-0.3, -0.25) is 0 Å². The van der Waals surface area contributed by atoms with Gasteiger partial charge in [0.15, 0.2) is 10.7 Å². The van der Waals surface area contributed by atoms with Gasteiger partial charge in [-0.05, 0) is 62.7 Å². The van der Waals surface area contributed by atoms with Crippen molar-refractivity contribution in [2.75, 3.05) is 0 Å². The SMILES string of the molecule is CCCCc1nc(Cl)c(C[P+](=O)O)n1Cc1cccc2c1ccn2-c1ccccc1-c1nnn(C(c2ccccc2)(c2ccccc2)c2ccccc2)n1. The highest BCUT2D eigenvalue weighted by atomic mass is 35.5. The van der Waals surface area contributed by atoms with Gasteiger partial charge in [0.05, 0.1) is 11.2 Å². The summed E-state index contributed by atoms with van der Waals surface area (Å²) in [6.07, 6.45) is 4.68. The topological polar surface area (TPSA) is 104 Å². The van der Waals surface area contributed by atoms with Gasteiger partial charge in [0.2, 0.25) is 12.0 Å². The average Bonchev–Trinajstić information content (AvgIpc) is 3.94. The quantitative estimate of drug-likeness (QED) is 0.0930. The number of unbranched alkanes of at least 4 members (excludes halogenated alkanes) is 1. The molecule has 0 amide bonds. The van der Waals surface area contributed by atoms with Crippen molar-refractivity contribution >= 4 is 30.5 Å². The van der Waals surface area contributed by atoms with Gasteiger partial charge >= 0.3 is 8.03 Å². The van der Waals surface area contributed by atoms with Gasteiger partial charge in [0, 0.05) is 30.1 Å². The van der Waals surface area contributed by atoms with E-state index in [0.29, 0.717) is 18.1 Å². The van der Waals surface area contributed by atoms with Crippen LogP contribution in [0.15, 0.2) is 146 Å².